The summed E-state index contributed by atoms with van der Waals surface area (Å²) in [6.45, 7) is 1.78. The van der Waals surface area contributed by atoms with E-state index in [1.807, 2.05) is 50.7 Å². The number of pyridine rings is 2. The number of hydrogen-bond acceptors (Lipinski definition) is 5. The second kappa shape index (κ2) is 10.3. The fraction of sp³-hybridized carbons (Fsp3) is 0.276. The Morgan fingerprint density at radius 1 is 0.974 bits per heavy atom. The lowest BCUT2D eigenvalue weighted by Crippen LogP contribution is -2.47. The van der Waals surface area contributed by atoms with Gasteiger partial charge in [0, 0.05) is 60.4 Å². The van der Waals surface area contributed by atoms with Gasteiger partial charge in [0.05, 0.1) is 23.6 Å². The van der Waals surface area contributed by atoms with Gasteiger partial charge in [0.15, 0.2) is 0 Å². The van der Waals surface area contributed by atoms with E-state index < -0.39 is 0 Å². The SMILES string of the molecule is O=C(CCC(=O)N1CC2(CCN(C(=O)c3ccc4cncn4c3)CC2)c2ccccc21)Nc1ccc(Br)cn1. The number of fused-ring (bicyclic) bond motifs is 3. The quantitative estimate of drug-likeness (QED) is 0.373. The maximum atomic E-state index is 13.3. The minimum Gasteiger partial charge on any atom is -0.339 e. The van der Waals surface area contributed by atoms with Crippen LogP contribution in [0.15, 0.2) is 77.9 Å². The molecular formula is C29H27BrN6O3. The van der Waals surface area contributed by atoms with E-state index in [1.54, 1.807) is 30.9 Å². The molecule has 39 heavy (non-hydrogen) atoms. The lowest BCUT2D eigenvalue weighted by molar-refractivity contribution is -0.122. The summed E-state index contributed by atoms with van der Waals surface area (Å²) in [4.78, 5) is 51.1. The summed E-state index contributed by atoms with van der Waals surface area (Å²) in [7, 11) is 0. The van der Waals surface area contributed by atoms with Crippen molar-refractivity contribution in [3.05, 3.63) is 89.0 Å². The Kier molecular flexibility index (Phi) is 6.64. The number of aromatic nitrogens is 3. The molecule has 5 heterocycles. The van der Waals surface area contributed by atoms with E-state index in [4.69, 9.17) is 0 Å². The van der Waals surface area contributed by atoms with Crippen molar-refractivity contribution in [2.45, 2.75) is 31.1 Å². The van der Waals surface area contributed by atoms with Crippen molar-refractivity contribution in [1.29, 1.82) is 0 Å². The summed E-state index contributed by atoms with van der Waals surface area (Å²) in [6, 6.07) is 15.3. The van der Waals surface area contributed by atoms with E-state index >= 15 is 0 Å². The topological polar surface area (TPSA) is 99.9 Å². The molecule has 1 saturated heterocycles. The number of carbonyl (C=O) groups is 3. The van der Waals surface area contributed by atoms with Gasteiger partial charge in [0.1, 0.15) is 5.82 Å². The fourth-order valence-corrected chi connectivity index (χ4v) is 5.89. The normalized spacial score (nSPS) is 15.9. The van der Waals surface area contributed by atoms with Gasteiger partial charge < -0.3 is 19.5 Å². The van der Waals surface area contributed by atoms with Crippen LogP contribution in [0.3, 0.4) is 0 Å². The average Bonchev–Trinajstić information content (AvgIpc) is 3.56. The monoisotopic (exact) mass is 586 g/mol. The summed E-state index contributed by atoms with van der Waals surface area (Å²) < 4.78 is 2.67. The molecule has 198 valence electrons. The van der Waals surface area contributed by atoms with E-state index in [9.17, 15) is 14.4 Å². The Balaban J connectivity index is 1.11. The first-order valence-electron chi connectivity index (χ1n) is 12.9. The third kappa shape index (κ3) is 4.92. The summed E-state index contributed by atoms with van der Waals surface area (Å²) in [6.07, 6.45) is 8.60. The summed E-state index contributed by atoms with van der Waals surface area (Å²) >= 11 is 3.32. The van der Waals surface area contributed by atoms with E-state index in [0.717, 1.165) is 34.1 Å². The van der Waals surface area contributed by atoms with Crippen LogP contribution in [-0.4, -0.2) is 56.6 Å². The average molecular weight is 587 g/mol. The lowest BCUT2D eigenvalue weighted by atomic mass is 9.74. The molecule has 9 nitrogen and oxygen atoms in total. The Morgan fingerprint density at radius 3 is 2.59 bits per heavy atom. The molecule has 0 aliphatic carbocycles. The zero-order valence-corrected chi connectivity index (χ0v) is 22.8. The number of nitrogens with zero attached hydrogens (tertiary/aromatic N) is 5. The maximum absolute atomic E-state index is 13.3. The van der Waals surface area contributed by atoms with Crippen LogP contribution in [0.1, 0.15) is 41.6 Å². The third-order valence-corrected chi connectivity index (χ3v) is 8.22. The van der Waals surface area contributed by atoms with Crippen LogP contribution in [0.2, 0.25) is 0 Å². The standard InChI is InChI=1S/C29H27BrN6O3/c30-21-6-8-25(32-15-21)33-26(37)9-10-27(38)36-18-29(23-3-1-2-4-24(23)36)11-13-34(14-12-29)28(39)20-5-7-22-16-31-19-35(22)17-20/h1-8,15-17,19H,9-14,18H2,(H,32,33,37). The highest BCUT2D eigenvalue weighted by molar-refractivity contribution is 9.10. The smallest absolute Gasteiger partial charge is 0.255 e. The molecule has 2 aliphatic heterocycles. The largest absolute Gasteiger partial charge is 0.339 e. The second-order valence-electron chi connectivity index (χ2n) is 10.1. The molecule has 1 spiro atoms. The number of carbonyl (C=O) groups excluding carboxylic acids is 3. The molecule has 3 aromatic heterocycles. The molecule has 4 aromatic rings. The fourth-order valence-electron chi connectivity index (χ4n) is 5.66. The van der Waals surface area contributed by atoms with Gasteiger partial charge in [-0.15, -0.1) is 0 Å². The number of imidazole rings is 1. The van der Waals surface area contributed by atoms with E-state index in [1.165, 1.54) is 0 Å². The number of amides is 3. The van der Waals surface area contributed by atoms with Crippen molar-refractivity contribution in [1.82, 2.24) is 19.3 Å². The van der Waals surface area contributed by atoms with Gasteiger partial charge in [-0.3, -0.25) is 14.4 Å². The zero-order chi connectivity index (χ0) is 27.0. The molecule has 2 aliphatic rings. The van der Waals surface area contributed by atoms with Gasteiger partial charge in [0.25, 0.3) is 5.91 Å². The number of piperidine rings is 1. The predicted octanol–water partition coefficient (Wildman–Crippen LogP) is 4.43. The first kappa shape index (κ1) is 25.2. The Labute approximate surface area is 234 Å². The molecule has 0 bridgehead atoms. The van der Waals surface area contributed by atoms with Gasteiger partial charge in [-0.2, -0.15) is 0 Å². The number of para-hydroxylation sites is 1. The highest BCUT2D eigenvalue weighted by Crippen LogP contribution is 2.47. The highest BCUT2D eigenvalue weighted by Gasteiger charge is 2.46. The second-order valence-corrected chi connectivity index (χ2v) is 11.0. The van der Waals surface area contributed by atoms with Gasteiger partial charge in [-0.05, 0) is 64.7 Å². The van der Waals surface area contributed by atoms with Crippen LogP contribution in [0.4, 0.5) is 11.5 Å². The molecule has 0 radical (unpaired) electrons. The highest BCUT2D eigenvalue weighted by atomic mass is 79.9. The number of hydrogen-bond donors (Lipinski definition) is 1. The van der Waals surface area contributed by atoms with Crippen molar-refractivity contribution in [3.8, 4) is 0 Å². The Hall–Kier alpha value is -4.05. The molecular weight excluding hydrogens is 560 g/mol. The first-order valence-corrected chi connectivity index (χ1v) is 13.7. The Bertz CT molecular complexity index is 1560. The van der Waals surface area contributed by atoms with Crippen LogP contribution in [0.25, 0.3) is 5.52 Å². The van der Waals surface area contributed by atoms with Gasteiger partial charge in [0.2, 0.25) is 11.8 Å². The zero-order valence-electron chi connectivity index (χ0n) is 21.2. The van der Waals surface area contributed by atoms with Crippen LogP contribution >= 0.6 is 15.9 Å². The van der Waals surface area contributed by atoms with Crippen molar-refractivity contribution in [2.24, 2.45) is 0 Å². The van der Waals surface area contributed by atoms with E-state index in [-0.39, 0.29) is 36.0 Å². The minimum absolute atomic E-state index is 0.00550. The van der Waals surface area contributed by atoms with Crippen LogP contribution < -0.4 is 10.2 Å². The maximum Gasteiger partial charge on any atom is 0.255 e. The van der Waals surface area contributed by atoms with Crippen LogP contribution in [-0.2, 0) is 15.0 Å². The molecule has 0 unspecified atom stereocenters. The van der Waals surface area contributed by atoms with Crippen molar-refractivity contribution >= 4 is 50.7 Å². The third-order valence-electron chi connectivity index (χ3n) is 7.75. The van der Waals surface area contributed by atoms with Gasteiger partial charge in [-0.1, -0.05) is 18.2 Å². The van der Waals surface area contributed by atoms with E-state index in [0.29, 0.717) is 31.0 Å². The van der Waals surface area contributed by atoms with Crippen LogP contribution in [0, 0.1) is 0 Å². The van der Waals surface area contributed by atoms with Crippen molar-refractivity contribution in [3.63, 3.8) is 0 Å². The molecule has 0 atom stereocenters. The summed E-state index contributed by atoms with van der Waals surface area (Å²) in [5, 5.41) is 2.74. The molecule has 1 aromatic carbocycles. The van der Waals surface area contributed by atoms with Gasteiger partial charge >= 0.3 is 0 Å². The number of halogens is 1. The number of likely N-dealkylation sites (tertiary alicyclic amines) is 1. The number of benzene rings is 1. The molecule has 1 N–H and O–H groups in total. The molecule has 1 fully saturated rings. The summed E-state index contributed by atoms with van der Waals surface area (Å²) in [5.41, 5.74) is 3.42. The number of rotatable bonds is 5. The van der Waals surface area contributed by atoms with Crippen LogP contribution in [0.5, 0.6) is 0 Å². The predicted molar refractivity (Wildman–Crippen MR) is 151 cm³/mol. The summed E-state index contributed by atoms with van der Waals surface area (Å²) in [5.74, 6) is 0.129. The number of anilines is 2. The lowest BCUT2D eigenvalue weighted by Gasteiger charge is -2.40. The van der Waals surface area contributed by atoms with Crippen molar-refractivity contribution < 1.29 is 14.4 Å². The minimum atomic E-state index is -0.249. The molecule has 10 heteroatoms. The first-order chi connectivity index (χ1) is 18.9. The van der Waals surface area contributed by atoms with Gasteiger partial charge in [-0.25, -0.2) is 9.97 Å². The molecule has 6 rings (SSSR count). The number of nitrogens with one attached hydrogen (secondary N) is 1. The van der Waals surface area contributed by atoms with E-state index in [2.05, 4.69) is 37.3 Å². The molecule has 0 saturated carbocycles. The van der Waals surface area contributed by atoms with Crippen molar-refractivity contribution in [2.75, 3.05) is 29.9 Å². The Morgan fingerprint density at radius 2 is 1.79 bits per heavy atom. The molecule has 3 amide bonds.